The molecule has 0 spiro atoms. The molecular formula is C27H31N2S+. The van der Waals surface area contributed by atoms with Crippen LogP contribution in [0.1, 0.15) is 43.7 Å². The highest BCUT2D eigenvalue weighted by atomic mass is 32.2. The summed E-state index contributed by atoms with van der Waals surface area (Å²) in [6.45, 7) is 5.51. The van der Waals surface area contributed by atoms with Gasteiger partial charge < -0.3 is 4.90 Å². The van der Waals surface area contributed by atoms with Gasteiger partial charge in [0.1, 0.15) is 6.54 Å². The van der Waals surface area contributed by atoms with Gasteiger partial charge in [-0.25, -0.2) is 0 Å². The summed E-state index contributed by atoms with van der Waals surface area (Å²) in [5.74, 6) is 0. The van der Waals surface area contributed by atoms with Crippen LogP contribution in [0.25, 0.3) is 17.0 Å². The summed E-state index contributed by atoms with van der Waals surface area (Å²) in [6, 6.07) is 17.7. The molecule has 0 atom stereocenters. The molecule has 154 valence electrons. The molecule has 2 heterocycles. The van der Waals surface area contributed by atoms with Crippen molar-refractivity contribution in [2.45, 2.75) is 51.0 Å². The summed E-state index contributed by atoms with van der Waals surface area (Å²) in [5, 5.41) is 2.58. The fraction of sp³-hybridized carbons (Fsp3) is 0.296. The number of fused-ring (bicyclic) bond motifs is 2. The van der Waals surface area contributed by atoms with Crippen molar-refractivity contribution in [1.82, 2.24) is 0 Å². The van der Waals surface area contributed by atoms with Crippen LogP contribution in [-0.4, -0.2) is 7.05 Å². The zero-order valence-electron chi connectivity index (χ0n) is 18.3. The minimum atomic E-state index is 1.09. The molecule has 4 rings (SSSR count). The minimum absolute atomic E-state index is 1.09. The van der Waals surface area contributed by atoms with E-state index in [2.05, 4.69) is 103 Å². The van der Waals surface area contributed by atoms with E-state index < -0.39 is 0 Å². The molecule has 0 saturated heterocycles. The van der Waals surface area contributed by atoms with Gasteiger partial charge in [0.15, 0.2) is 6.20 Å². The van der Waals surface area contributed by atoms with Crippen molar-refractivity contribution >= 4 is 34.4 Å². The summed E-state index contributed by atoms with van der Waals surface area (Å²) < 4.78 is 2.40. The lowest BCUT2D eigenvalue weighted by Crippen LogP contribution is -2.34. The summed E-state index contributed by atoms with van der Waals surface area (Å²) in [6.07, 6.45) is 14.0. The van der Waals surface area contributed by atoms with Gasteiger partial charge in [0.25, 0.3) is 0 Å². The Bertz CT molecular complexity index is 1100. The maximum Gasteiger partial charge on any atom is 0.213 e. The number of rotatable bonds is 7. The third-order valence-electron chi connectivity index (χ3n) is 5.75. The number of hydrogen-bond donors (Lipinski definition) is 0. The van der Waals surface area contributed by atoms with Crippen molar-refractivity contribution in [3.05, 3.63) is 83.0 Å². The lowest BCUT2D eigenvalue weighted by Gasteiger charge is -2.12. The van der Waals surface area contributed by atoms with E-state index in [1.165, 1.54) is 63.3 Å². The van der Waals surface area contributed by atoms with E-state index in [0.29, 0.717) is 0 Å². The van der Waals surface area contributed by atoms with E-state index >= 15 is 0 Å². The normalized spacial score (nSPS) is 14.9. The van der Waals surface area contributed by atoms with Gasteiger partial charge in [0, 0.05) is 30.5 Å². The van der Waals surface area contributed by atoms with E-state index in [1.54, 1.807) is 0 Å². The topological polar surface area (TPSA) is 7.12 Å². The number of hydrogen-bond acceptors (Lipinski definition) is 2. The highest BCUT2D eigenvalue weighted by molar-refractivity contribution is 8.03. The van der Waals surface area contributed by atoms with Crippen LogP contribution in [0, 0.1) is 6.92 Å². The number of aromatic nitrogens is 1. The van der Waals surface area contributed by atoms with Crippen molar-refractivity contribution in [3.8, 4) is 0 Å². The number of nitrogens with zero attached hydrogens (tertiary/aromatic N) is 2. The molecule has 0 N–H and O–H groups in total. The second-order valence-corrected chi connectivity index (χ2v) is 9.10. The third kappa shape index (κ3) is 4.46. The van der Waals surface area contributed by atoms with Crippen LogP contribution in [0.15, 0.2) is 76.8 Å². The summed E-state index contributed by atoms with van der Waals surface area (Å²) in [4.78, 5) is 3.61. The van der Waals surface area contributed by atoms with E-state index in [-0.39, 0.29) is 0 Å². The standard InChI is InChI=1S/C27H31N2S/c1-4-5-6-9-18-29-19-17-22(23-12-7-8-13-24(23)29)11-10-14-27-28(3)25-16-15-21(2)20-26(25)30-27/h7-8,10-17,19-20H,4-6,9,18H2,1-3H3/q+1. The monoisotopic (exact) mass is 415 g/mol. The molecule has 30 heavy (non-hydrogen) atoms. The Morgan fingerprint density at radius 2 is 1.90 bits per heavy atom. The Morgan fingerprint density at radius 3 is 2.77 bits per heavy atom. The van der Waals surface area contributed by atoms with E-state index in [4.69, 9.17) is 0 Å². The van der Waals surface area contributed by atoms with Gasteiger partial charge in [-0.2, -0.15) is 4.57 Å². The molecule has 0 saturated carbocycles. The Kier molecular flexibility index (Phi) is 6.59. The molecule has 0 bridgehead atoms. The number of allylic oxidation sites excluding steroid dienone is 2. The molecule has 0 aliphatic carbocycles. The zero-order chi connectivity index (χ0) is 20.9. The highest BCUT2D eigenvalue weighted by Crippen LogP contribution is 2.45. The molecule has 1 aliphatic heterocycles. The molecule has 0 unspecified atom stereocenters. The molecule has 1 aromatic heterocycles. The molecule has 0 fully saturated rings. The third-order valence-corrected chi connectivity index (χ3v) is 6.91. The van der Waals surface area contributed by atoms with Crippen LogP contribution >= 0.6 is 11.8 Å². The van der Waals surface area contributed by atoms with Crippen LogP contribution in [0.2, 0.25) is 0 Å². The number of benzene rings is 2. The Balaban J connectivity index is 1.54. The molecule has 3 heteroatoms. The Hall–Kier alpha value is -2.52. The zero-order valence-corrected chi connectivity index (χ0v) is 19.1. The van der Waals surface area contributed by atoms with Gasteiger partial charge in [0.2, 0.25) is 5.52 Å². The number of thioether (sulfide) groups is 1. The quantitative estimate of drug-likeness (QED) is 0.300. The van der Waals surface area contributed by atoms with E-state index in [0.717, 1.165) is 6.54 Å². The first-order chi connectivity index (χ1) is 14.7. The van der Waals surface area contributed by atoms with Gasteiger partial charge in [-0.1, -0.05) is 61.9 Å². The first-order valence-electron chi connectivity index (χ1n) is 11.0. The average Bonchev–Trinajstić information content (AvgIpc) is 3.06. The maximum atomic E-state index is 2.40. The van der Waals surface area contributed by atoms with Crippen LogP contribution in [0.5, 0.6) is 0 Å². The number of anilines is 1. The predicted molar refractivity (Wildman–Crippen MR) is 131 cm³/mol. The number of aryl methyl sites for hydroxylation is 2. The van der Waals surface area contributed by atoms with Crippen LogP contribution in [0.4, 0.5) is 5.69 Å². The molecule has 1 aliphatic rings. The molecule has 0 amide bonds. The second-order valence-electron chi connectivity index (χ2n) is 8.04. The van der Waals surface area contributed by atoms with Crippen molar-refractivity contribution in [2.75, 3.05) is 11.9 Å². The summed E-state index contributed by atoms with van der Waals surface area (Å²) >= 11 is 1.84. The Labute approximate surface area is 184 Å². The lowest BCUT2D eigenvalue weighted by molar-refractivity contribution is -0.671. The fourth-order valence-electron chi connectivity index (χ4n) is 4.02. The Morgan fingerprint density at radius 1 is 1.03 bits per heavy atom. The predicted octanol–water partition coefficient (Wildman–Crippen LogP) is 7.11. The smallest absolute Gasteiger partial charge is 0.213 e. The molecule has 0 radical (unpaired) electrons. The van der Waals surface area contributed by atoms with Crippen molar-refractivity contribution in [2.24, 2.45) is 0 Å². The molecule has 3 aromatic rings. The first-order valence-corrected chi connectivity index (χ1v) is 11.8. The SMILES string of the molecule is CCCCCC[n+]1ccc(C=CC=C2Sc3cc(C)ccc3N2C)c2ccccc21. The number of para-hydroxylation sites is 1. The number of unbranched alkanes of at least 4 members (excludes halogenated alkanes) is 3. The van der Waals surface area contributed by atoms with Crippen LogP contribution in [0.3, 0.4) is 0 Å². The van der Waals surface area contributed by atoms with Gasteiger partial charge in [0.05, 0.1) is 16.1 Å². The van der Waals surface area contributed by atoms with Crippen molar-refractivity contribution < 1.29 is 4.57 Å². The van der Waals surface area contributed by atoms with E-state index in [9.17, 15) is 0 Å². The van der Waals surface area contributed by atoms with Crippen LogP contribution < -0.4 is 9.47 Å². The summed E-state index contributed by atoms with van der Waals surface area (Å²) in [7, 11) is 2.15. The fourth-order valence-corrected chi connectivity index (χ4v) is 5.18. The maximum absolute atomic E-state index is 2.40. The van der Waals surface area contributed by atoms with Gasteiger partial charge in [-0.3, -0.25) is 0 Å². The lowest BCUT2D eigenvalue weighted by atomic mass is 10.1. The molecule has 2 nitrogen and oxygen atoms in total. The molecular weight excluding hydrogens is 384 g/mol. The van der Waals surface area contributed by atoms with E-state index in [1.807, 2.05) is 11.8 Å². The minimum Gasteiger partial charge on any atom is -0.338 e. The highest BCUT2D eigenvalue weighted by Gasteiger charge is 2.21. The van der Waals surface area contributed by atoms with Gasteiger partial charge in [-0.15, -0.1) is 0 Å². The van der Waals surface area contributed by atoms with Gasteiger partial charge in [-0.05, 0) is 48.7 Å². The van der Waals surface area contributed by atoms with Crippen molar-refractivity contribution in [1.29, 1.82) is 0 Å². The largest absolute Gasteiger partial charge is 0.338 e. The first kappa shape index (κ1) is 20.7. The summed E-state index contributed by atoms with van der Waals surface area (Å²) in [5.41, 5.74) is 5.19. The number of pyridine rings is 1. The van der Waals surface area contributed by atoms with Crippen LogP contribution in [-0.2, 0) is 6.54 Å². The average molecular weight is 416 g/mol. The van der Waals surface area contributed by atoms with Gasteiger partial charge >= 0.3 is 0 Å². The second kappa shape index (κ2) is 9.53. The van der Waals surface area contributed by atoms with Crippen molar-refractivity contribution in [3.63, 3.8) is 0 Å². The molecule has 2 aromatic carbocycles.